The van der Waals surface area contributed by atoms with Gasteiger partial charge in [-0.1, -0.05) is 0 Å². The molecule has 0 fully saturated rings. The molecule has 0 saturated carbocycles. The first-order valence-corrected chi connectivity index (χ1v) is 6.22. The summed E-state index contributed by atoms with van der Waals surface area (Å²) in [5.41, 5.74) is -4.74. The maximum Gasteiger partial charge on any atom is 0.435 e. The van der Waals surface area contributed by atoms with E-state index in [0.717, 1.165) is 0 Å². The molecule has 0 N–H and O–H groups in total. The Balaban J connectivity index is 2.55. The second-order valence-corrected chi connectivity index (χ2v) is 4.86. The predicted molar refractivity (Wildman–Crippen MR) is 60.8 cm³/mol. The molecule has 1 aliphatic rings. The summed E-state index contributed by atoms with van der Waals surface area (Å²) in [5, 5.41) is 2.81. The number of hydrogen-bond donors (Lipinski definition) is 0. The van der Waals surface area contributed by atoms with Crippen LogP contribution < -0.4 is 0 Å². The van der Waals surface area contributed by atoms with Crippen LogP contribution in [0.25, 0.3) is 6.08 Å². The number of allylic oxidation sites excluding steroid dienone is 1. The molecule has 0 bridgehead atoms. The Morgan fingerprint density at radius 2 is 1.83 bits per heavy atom. The fraction of sp³-hybridized carbons (Fsp3) is 0.583. The van der Waals surface area contributed by atoms with Crippen molar-refractivity contribution in [2.45, 2.75) is 37.2 Å². The van der Waals surface area contributed by atoms with E-state index in [9.17, 15) is 39.5 Å². The van der Waals surface area contributed by atoms with Crippen molar-refractivity contribution in [3.8, 4) is 0 Å². The molecule has 11 heteroatoms. The van der Waals surface area contributed by atoms with Gasteiger partial charge in [-0.3, -0.25) is 4.68 Å². The van der Waals surface area contributed by atoms with Gasteiger partial charge in [0.05, 0.1) is 17.8 Å². The molecular weight excluding hydrogens is 343 g/mol. The molecule has 3 atom stereocenters. The van der Waals surface area contributed by atoms with Crippen LogP contribution in [0.1, 0.15) is 17.0 Å². The number of nitrogens with zero attached hydrogens (tertiary/aromatic N) is 2. The first kappa shape index (κ1) is 17.7. The predicted octanol–water partition coefficient (Wildman–Crippen LogP) is 4.00. The van der Waals surface area contributed by atoms with Gasteiger partial charge in [-0.25, -0.2) is 17.6 Å². The van der Waals surface area contributed by atoms with Crippen molar-refractivity contribution in [1.82, 2.24) is 9.78 Å². The highest BCUT2D eigenvalue weighted by molar-refractivity contribution is 5.58. The molecule has 23 heavy (non-hydrogen) atoms. The average Bonchev–Trinajstić information content (AvgIpc) is 2.82. The highest BCUT2D eigenvalue weighted by Gasteiger charge is 2.53. The maximum absolute atomic E-state index is 13.7. The minimum Gasteiger partial charge on any atom is -0.261 e. The van der Waals surface area contributed by atoms with E-state index in [4.69, 9.17) is 0 Å². The fourth-order valence-corrected chi connectivity index (χ4v) is 2.12. The van der Waals surface area contributed by atoms with Crippen molar-refractivity contribution in [2.24, 2.45) is 0 Å². The van der Waals surface area contributed by atoms with Gasteiger partial charge in [-0.2, -0.15) is 27.1 Å². The first-order valence-electron chi connectivity index (χ1n) is 6.22. The fourth-order valence-electron chi connectivity index (χ4n) is 2.12. The molecule has 130 valence electrons. The number of hydrogen-bond acceptors (Lipinski definition) is 1. The van der Waals surface area contributed by atoms with Crippen LogP contribution in [-0.4, -0.2) is 35.0 Å². The van der Waals surface area contributed by atoms with E-state index in [1.165, 1.54) is 0 Å². The molecule has 3 unspecified atom stereocenters. The minimum absolute atomic E-state index is 0.140. The molecule has 1 aromatic heterocycles. The van der Waals surface area contributed by atoms with Crippen LogP contribution in [0.15, 0.2) is 6.08 Å². The largest absolute Gasteiger partial charge is 0.435 e. The maximum atomic E-state index is 13.7. The highest BCUT2D eigenvalue weighted by atomic mass is 19.4. The van der Waals surface area contributed by atoms with Crippen molar-refractivity contribution in [3.63, 3.8) is 0 Å². The molecule has 0 amide bonds. The molecular formula is C12H9F9N2. The van der Waals surface area contributed by atoms with E-state index in [2.05, 4.69) is 5.10 Å². The summed E-state index contributed by atoms with van der Waals surface area (Å²) in [6.07, 6.45) is -12.8. The zero-order valence-electron chi connectivity index (χ0n) is 11.1. The monoisotopic (exact) mass is 352 g/mol. The topological polar surface area (TPSA) is 17.8 Å². The SMILES string of the molecule is FCC(F)C(F)Cn1nc(C(F)(F)F)c2c1C=CC(F)C2(F)F. The third-order valence-corrected chi connectivity index (χ3v) is 3.25. The van der Waals surface area contributed by atoms with E-state index in [0.29, 0.717) is 6.08 Å². The Morgan fingerprint density at radius 1 is 1.22 bits per heavy atom. The summed E-state index contributed by atoms with van der Waals surface area (Å²) in [5.74, 6) is -4.53. The van der Waals surface area contributed by atoms with Gasteiger partial charge in [-0.15, -0.1) is 0 Å². The number of fused-ring (bicyclic) bond motifs is 1. The first-order chi connectivity index (χ1) is 10.5. The number of rotatable bonds is 4. The Kier molecular flexibility index (Phi) is 4.42. The number of aromatic nitrogens is 2. The molecule has 0 spiro atoms. The van der Waals surface area contributed by atoms with Crippen LogP contribution in [0.5, 0.6) is 0 Å². The number of halogens is 9. The van der Waals surface area contributed by atoms with Gasteiger partial charge in [-0.05, 0) is 12.2 Å². The van der Waals surface area contributed by atoms with Gasteiger partial charge < -0.3 is 0 Å². The molecule has 0 aliphatic heterocycles. The van der Waals surface area contributed by atoms with Gasteiger partial charge in [0.15, 0.2) is 24.2 Å². The van der Waals surface area contributed by atoms with E-state index in [-0.39, 0.29) is 10.8 Å². The Bertz CT molecular complexity index is 604. The Labute approximate surface area is 123 Å². The molecule has 1 aliphatic carbocycles. The van der Waals surface area contributed by atoms with Crippen molar-refractivity contribution in [3.05, 3.63) is 23.0 Å². The normalized spacial score (nSPS) is 22.7. The van der Waals surface area contributed by atoms with E-state index in [1.54, 1.807) is 0 Å². The Morgan fingerprint density at radius 3 is 2.35 bits per heavy atom. The van der Waals surface area contributed by atoms with Crippen LogP contribution in [0.3, 0.4) is 0 Å². The molecule has 2 rings (SSSR count). The van der Waals surface area contributed by atoms with E-state index < -0.39 is 60.8 Å². The van der Waals surface area contributed by atoms with Gasteiger partial charge >= 0.3 is 12.1 Å². The number of alkyl halides is 9. The molecule has 0 radical (unpaired) electrons. The third kappa shape index (κ3) is 3.05. The smallest absolute Gasteiger partial charge is 0.261 e. The minimum atomic E-state index is -5.36. The zero-order chi connectivity index (χ0) is 17.6. The van der Waals surface area contributed by atoms with Crippen LogP contribution >= 0.6 is 0 Å². The summed E-state index contributed by atoms with van der Waals surface area (Å²) < 4.78 is 118. The van der Waals surface area contributed by atoms with Gasteiger partial charge in [0, 0.05) is 0 Å². The van der Waals surface area contributed by atoms with Crippen molar-refractivity contribution < 1.29 is 39.5 Å². The second kappa shape index (κ2) is 5.75. The van der Waals surface area contributed by atoms with E-state index in [1.807, 2.05) is 0 Å². The van der Waals surface area contributed by atoms with Gasteiger partial charge in [0.25, 0.3) is 0 Å². The molecule has 0 aromatic carbocycles. The van der Waals surface area contributed by atoms with Gasteiger partial charge in [0.2, 0.25) is 0 Å². The Hall–Kier alpha value is -1.68. The highest BCUT2D eigenvalue weighted by Crippen LogP contribution is 2.46. The lowest BCUT2D eigenvalue weighted by molar-refractivity contribution is -0.147. The van der Waals surface area contributed by atoms with Crippen molar-refractivity contribution in [1.29, 1.82) is 0 Å². The lowest BCUT2D eigenvalue weighted by Gasteiger charge is -2.23. The summed E-state index contributed by atoms with van der Waals surface area (Å²) in [7, 11) is 0. The lowest BCUT2D eigenvalue weighted by Crippen LogP contribution is -2.31. The van der Waals surface area contributed by atoms with Crippen LogP contribution in [0, 0.1) is 0 Å². The average molecular weight is 352 g/mol. The van der Waals surface area contributed by atoms with Crippen LogP contribution in [0.4, 0.5) is 39.5 Å². The summed E-state index contributed by atoms with van der Waals surface area (Å²) >= 11 is 0. The molecule has 0 saturated heterocycles. The van der Waals surface area contributed by atoms with Crippen LogP contribution in [-0.2, 0) is 18.6 Å². The third-order valence-electron chi connectivity index (χ3n) is 3.25. The summed E-state index contributed by atoms with van der Waals surface area (Å²) in [6.45, 7) is -2.96. The second-order valence-electron chi connectivity index (χ2n) is 4.86. The quantitative estimate of drug-likeness (QED) is 0.749. The molecule has 1 heterocycles. The zero-order valence-corrected chi connectivity index (χ0v) is 11.1. The van der Waals surface area contributed by atoms with Gasteiger partial charge in [0.1, 0.15) is 6.67 Å². The van der Waals surface area contributed by atoms with E-state index >= 15 is 0 Å². The standard InChI is InChI=1S/C12H9F9N2/c13-3-5(14)6(15)4-23-7-1-2-8(16)11(17,18)9(7)10(22-23)12(19,20)21/h1-2,5-6,8H,3-4H2. The summed E-state index contributed by atoms with van der Waals surface area (Å²) in [4.78, 5) is 0. The lowest BCUT2D eigenvalue weighted by atomic mass is 9.95. The molecule has 1 aromatic rings. The van der Waals surface area contributed by atoms with Crippen molar-refractivity contribution in [2.75, 3.05) is 6.67 Å². The summed E-state index contributed by atoms with van der Waals surface area (Å²) in [6, 6.07) is 0. The van der Waals surface area contributed by atoms with Crippen molar-refractivity contribution >= 4 is 6.08 Å². The molecule has 2 nitrogen and oxygen atoms in total. The van der Waals surface area contributed by atoms with Crippen LogP contribution in [0.2, 0.25) is 0 Å².